The highest BCUT2D eigenvalue weighted by Crippen LogP contribution is 1.81. The number of hydrogen-bond donors (Lipinski definition) is 1. The molecule has 0 aromatic heterocycles. The Hall–Kier alpha value is -0.790. The first-order chi connectivity index (χ1) is 4.09. The smallest absolute Gasteiger partial charge is 0.330 e. The van der Waals surface area contributed by atoms with Crippen molar-refractivity contribution in [3.8, 4) is 0 Å². The number of hydrogen-bond acceptors (Lipinski definition) is 2. The summed E-state index contributed by atoms with van der Waals surface area (Å²) in [7, 11) is 0. The first-order valence-corrected chi connectivity index (χ1v) is 1.41. The van der Waals surface area contributed by atoms with Crippen molar-refractivity contribution >= 4 is 5.97 Å². The lowest BCUT2D eigenvalue weighted by Gasteiger charge is -1.79. The zero-order chi connectivity index (χ0) is 7.44. The van der Waals surface area contributed by atoms with Crippen LogP contribution in [0.5, 0.6) is 0 Å². The second kappa shape index (κ2) is 1.60. The molecule has 0 saturated heterocycles. The topological polar surface area (TPSA) is 37.3 Å². The van der Waals surface area contributed by atoms with E-state index in [1.54, 1.807) is 0 Å². The van der Waals surface area contributed by atoms with E-state index in [0.717, 1.165) is 0 Å². The van der Waals surface area contributed by atoms with Gasteiger partial charge < -0.3 is 5.11 Å². The summed E-state index contributed by atoms with van der Waals surface area (Å²) in [6.45, 7) is 0.638. The van der Waals surface area contributed by atoms with Crippen molar-refractivity contribution in [1.82, 2.24) is 0 Å². The van der Waals surface area contributed by atoms with E-state index in [-0.39, 0.29) is 5.57 Å². The minimum atomic E-state index is -0.949. The van der Waals surface area contributed by atoms with Crippen LogP contribution >= 0.6 is 0 Å². The Balaban J connectivity index is 4.21. The van der Waals surface area contributed by atoms with Crippen LogP contribution in [0.2, 0.25) is 0 Å². The summed E-state index contributed by atoms with van der Waals surface area (Å²) in [4.78, 5) is 10.2. The maximum atomic E-state index is 10.2. The van der Waals surface area contributed by atoms with E-state index < -0.39 is 12.5 Å². The van der Waals surface area contributed by atoms with Crippen LogP contribution in [-0.2, 0) is 4.79 Å². The zero-order valence-corrected chi connectivity index (χ0v) is 3.32. The lowest BCUT2D eigenvalue weighted by Crippen LogP contribution is -1.92. The minimum Gasteiger partial charge on any atom is -0.478 e. The molecule has 0 bridgehead atoms. The van der Waals surface area contributed by atoms with Gasteiger partial charge in [-0.05, 0) is 6.92 Å². The Morgan fingerprint density at radius 3 is 3.17 bits per heavy atom. The molecule has 0 rings (SSSR count). The summed E-state index contributed by atoms with van der Waals surface area (Å²) in [5.41, 5.74) is -0.162. The van der Waals surface area contributed by atoms with Gasteiger partial charge >= 0.3 is 5.97 Å². The third kappa shape index (κ3) is 1.52. The van der Waals surface area contributed by atoms with Gasteiger partial charge in [-0.2, -0.15) is 0 Å². The summed E-state index contributed by atoms with van der Waals surface area (Å²) in [5, 5.41) is 3.49. The fourth-order valence-electron chi connectivity index (χ4n) is 0. The van der Waals surface area contributed by atoms with E-state index in [1.807, 2.05) is 0 Å². The lowest BCUT2D eigenvalue weighted by molar-refractivity contribution is -0.132. The average Bonchev–Trinajstić information content (AvgIpc) is 1.84. The molecule has 2 nitrogen and oxygen atoms in total. The molecule has 0 aliphatic carbocycles. The summed E-state index contributed by atoms with van der Waals surface area (Å²) >= 11 is 0. The van der Waals surface area contributed by atoms with Gasteiger partial charge in [0.2, 0.25) is 0 Å². The van der Waals surface area contributed by atoms with E-state index >= 15 is 0 Å². The number of carboxylic acids is 1. The number of carbonyl (C=O) groups is 1. The van der Waals surface area contributed by atoms with Crippen LogP contribution in [0.3, 0.4) is 0 Å². The summed E-state index contributed by atoms with van der Waals surface area (Å²) < 4.78 is 19.2. The van der Waals surface area contributed by atoms with Crippen molar-refractivity contribution < 1.29 is 12.6 Å². The molecule has 0 atom stereocenters. The molecule has 0 fully saturated rings. The molecule has 0 heterocycles. The number of carboxylic acid groups (broad SMARTS) is 1. The third-order valence-electron chi connectivity index (χ3n) is 0.306. The highest BCUT2D eigenvalue weighted by atomic mass is 16.4. The van der Waals surface area contributed by atoms with E-state index in [2.05, 4.69) is 5.11 Å². The monoisotopic (exact) mass is 89.1 g/mol. The molecule has 0 aliphatic rings. The number of rotatable bonds is 1. The molecule has 0 aliphatic heterocycles. The Bertz CT molecular complexity index is 148. The Kier molecular flexibility index (Phi) is 0.473. The fourth-order valence-corrected chi connectivity index (χ4v) is 0. The standard InChI is InChI=1S/C4H6O2/c1-3(2)4(5)6/h1H2,2H3,(H,5,6)/i1D2/hD. The van der Waals surface area contributed by atoms with Gasteiger partial charge in [0, 0.05) is 5.57 Å². The van der Waals surface area contributed by atoms with Crippen LogP contribution in [-0.4, -0.2) is 11.1 Å². The van der Waals surface area contributed by atoms with Crippen LogP contribution in [0, 0.1) is 0 Å². The first kappa shape index (κ1) is 1.78. The molecule has 1 N–H and O–H groups in total. The molecular weight excluding hydrogens is 80.0 g/mol. The first-order valence-electron chi connectivity index (χ1n) is 2.82. The van der Waals surface area contributed by atoms with Gasteiger partial charge in [0.25, 0.3) is 1.43 Å². The predicted molar refractivity (Wildman–Crippen MR) is 22.4 cm³/mol. The van der Waals surface area contributed by atoms with E-state index in [9.17, 15) is 4.79 Å². The zero-order valence-electron chi connectivity index (χ0n) is 6.32. The largest absolute Gasteiger partial charge is 0.478 e. The molecule has 0 spiro atoms. The summed E-state index contributed by atoms with van der Waals surface area (Å²) in [6.07, 6.45) is 0. The average molecular weight is 89.1 g/mol. The van der Waals surface area contributed by atoms with Crippen molar-refractivity contribution in [2.45, 2.75) is 6.92 Å². The lowest BCUT2D eigenvalue weighted by atomic mass is 10.4. The highest BCUT2D eigenvalue weighted by Gasteiger charge is 1.90. The second-order valence-corrected chi connectivity index (χ2v) is 0.912. The second-order valence-electron chi connectivity index (χ2n) is 0.912. The van der Waals surface area contributed by atoms with Crippen LogP contribution < -0.4 is 0 Å². The normalized spacial score (nSPS) is 13.2. The van der Waals surface area contributed by atoms with Crippen LogP contribution in [0.25, 0.3) is 1.43 Å². The maximum Gasteiger partial charge on any atom is 0.330 e. The molecule has 6 heavy (non-hydrogen) atoms. The molecule has 0 radical (unpaired) electrons. The Labute approximate surface area is 40.4 Å². The van der Waals surface area contributed by atoms with Gasteiger partial charge in [0.1, 0.15) is 0 Å². The predicted octanol–water partition coefficient (Wildman–Crippen LogP) is 0.647. The van der Waals surface area contributed by atoms with Crippen molar-refractivity contribution in [1.29, 1.82) is 1.43 Å². The van der Waals surface area contributed by atoms with Crippen molar-refractivity contribution in [2.24, 2.45) is 0 Å². The molecule has 0 aromatic rings. The maximum absolute atomic E-state index is 10.2. The SMILES string of the molecule is [2H]OC(=O)C(C)=C([2H])[2H]. The molecule has 0 amide bonds. The molecule has 2 heteroatoms. The van der Waals surface area contributed by atoms with Crippen LogP contribution in [0.15, 0.2) is 12.1 Å². The van der Waals surface area contributed by atoms with E-state index in [4.69, 9.17) is 4.17 Å². The van der Waals surface area contributed by atoms with Crippen molar-refractivity contribution in [3.05, 3.63) is 12.1 Å². The van der Waals surface area contributed by atoms with Crippen LogP contribution in [0.1, 0.15) is 9.67 Å². The quantitative estimate of drug-likeness (QED) is 0.479. The van der Waals surface area contributed by atoms with Crippen molar-refractivity contribution in [3.63, 3.8) is 0 Å². The Morgan fingerprint density at radius 2 is 3.00 bits per heavy atom. The van der Waals surface area contributed by atoms with Gasteiger partial charge in [-0.25, -0.2) is 4.79 Å². The van der Waals surface area contributed by atoms with Gasteiger partial charge in [-0.1, -0.05) is 6.53 Å². The molecular formula is C4H6O2. The van der Waals surface area contributed by atoms with Gasteiger partial charge in [0.05, 0.1) is 2.74 Å². The fraction of sp³-hybridized carbons (Fsp3) is 0.250. The van der Waals surface area contributed by atoms with Crippen molar-refractivity contribution in [2.75, 3.05) is 0 Å². The minimum absolute atomic E-state index is 0.162. The highest BCUT2D eigenvalue weighted by molar-refractivity contribution is 5.84. The summed E-state index contributed by atoms with van der Waals surface area (Å²) in [6, 6.07) is 0. The van der Waals surface area contributed by atoms with Gasteiger partial charge in [-0.15, -0.1) is 0 Å². The van der Waals surface area contributed by atoms with Gasteiger partial charge in [0.15, 0.2) is 0 Å². The third-order valence-corrected chi connectivity index (χ3v) is 0.306. The summed E-state index contributed by atoms with van der Waals surface area (Å²) in [5.74, 6) is -0.949. The van der Waals surface area contributed by atoms with Crippen LogP contribution in [0.4, 0.5) is 0 Å². The van der Waals surface area contributed by atoms with Gasteiger partial charge in [-0.3, -0.25) is 0 Å². The Morgan fingerprint density at radius 1 is 2.33 bits per heavy atom. The molecule has 0 unspecified atom stereocenters. The number of aliphatic carboxylic acids is 1. The van der Waals surface area contributed by atoms with E-state index in [1.165, 1.54) is 6.92 Å². The molecule has 0 aromatic carbocycles. The molecule has 0 saturated carbocycles. The molecule has 34 valence electrons. The van der Waals surface area contributed by atoms with E-state index in [0.29, 0.717) is 0 Å².